The van der Waals surface area contributed by atoms with Gasteiger partial charge < -0.3 is 5.32 Å². The predicted octanol–water partition coefficient (Wildman–Crippen LogP) is 0.425. The quantitative estimate of drug-likeness (QED) is 0.663. The number of hydrogen-bond acceptors (Lipinski definition) is 3. The maximum Gasteiger partial charge on any atom is 0.267 e. The van der Waals surface area contributed by atoms with Gasteiger partial charge in [0, 0.05) is 6.92 Å². The zero-order valence-corrected chi connectivity index (χ0v) is 8.10. The molecular formula is C7H17NO4S. The van der Waals surface area contributed by atoms with Crippen LogP contribution in [0.2, 0.25) is 0 Å². The lowest BCUT2D eigenvalue weighted by Gasteiger charge is -2.23. The molecule has 80 valence electrons. The van der Waals surface area contributed by atoms with E-state index < -0.39 is 21.4 Å². The first-order valence-electron chi connectivity index (χ1n) is 3.36. The highest BCUT2D eigenvalue weighted by atomic mass is 32.2. The zero-order valence-electron chi connectivity index (χ0n) is 7.29. The van der Waals surface area contributed by atoms with Crippen molar-refractivity contribution in [3.63, 3.8) is 0 Å². The highest BCUT2D eigenvalue weighted by molar-refractivity contribution is 7.85. The number of amides is 1. The number of carbonyl (C=O) groups excluding carboxylic acids is 1. The summed E-state index contributed by atoms with van der Waals surface area (Å²) in [5.41, 5.74) is -0.931. The standard InChI is InChI=1S/C6H13NO4S.CH4/c1-5(8)7-6(2,3)4-12(9,10)11;/h4H2,1-3H3,(H,7,8)(H,9,10,11);1H4. The Bertz CT molecular complexity index is 268. The molecule has 0 aliphatic carbocycles. The number of rotatable bonds is 3. The van der Waals surface area contributed by atoms with E-state index >= 15 is 0 Å². The van der Waals surface area contributed by atoms with Crippen LogP contribution in [0.25, 0.3) is 0 Å². The van der Waals surface area contributed by atoms with E-state index in [2.05, 4.69) is 5.32 Å². The molecule has 1 amide bonds. The Morgan fingerprint density at radius 2 is 1.85 bits per heavy atom. The van der Waals surface area contributed by atoms with Crippen LogP contribution in [0.1, 0.15) is 28.2 Å². The summed E-state index contributed by atoms with van der Waals surface area (Å²) in [6.45, 7) is 4.32. The van der Waals surface area contributed by atoms with Crippen molar-refractivity contribution < 1.29 is 17.8 Å². The van der Waals surface area contributed by atoms with Crippen LogP contribution in [0.4, 0.5) is 0 Å². The Morgan fingerprint density at radius 3 is 2.08 bits per heavy atom. The normalized spacial score (nSPS) is 11.7. The summed E-state index contributed by atoms with van der Waals surface area (Å²) in [6, 6.07) is 0. The first-order chi connectivity index (χ1) is 5.12. The van der Waals surface area contributed by atoms with Crippen LogP contribution < -0.4 is 5.32 Å². The molecule has 13 heavy (non-hydrogen) atoms. The Balaban J connectivity index is 0. The van der Waals surface area contributed by atoms with Gasteiger partial charge in [-0.3, -0.25) is 9.35 Å². The van der Waals surface area contributed by atoms with Crippen LogP contribution in [0.5, 0.6) is 0 Å². The SMILES string of the molecule is C.CC(=O)NC(C)(C)CS(=O)(=O)O. The molecule has 6 heteroatoms. The molecule has 0 saturated carbocycles. The maximum atomic E-state index is 10.6. The van der Waals surface area contributed by atoms with E-state index in [1.165, 1.54) is 20.8 Å². The van der Waals surface area contributed by atoms with Crippen molar-refractivity contribution in [3.8, 4) is 0 Å². The average molecular weight is 211 g/mol. The predicted molar refractivity (Wildman–Crippen MR) is 51.0 cm³/mol. The minimum absolute atomic E-state index is 0. The van der Waals surface area contributed by atoms with E-state index in [4.69, 9.17) is 4.55 Å². The van der Waals surface area contributed by atoms with Gasteiger partial charge in [0.1, 0.15) is 0 Å². The van der Waals surface area contributed by atoms with Gasteiger partial charge >= 0.3 is 0 Å². The molecule has 0 heterocycles. The fourth-order valence-electron chi connectivity index (χ4n) is 0.969. The minimum atomic E-state index is -4.04. The van der Waals surface area contributed by atoms with Gasteiger partial charge in [0.2, 0.25) is 5.91 Å². The van der Waals surface area contributed by atoms with Gasteiger partial charge in [-0.2, -0.15) is 8.42 Å². The second-order valence-electron chi connectivity index (χ2n) is 3.29. The number of nitrogens with one attached hydrogen (secondary N) is 1. The van der Waals surface area contributed by atoms with E-state index in [1.54, 1.807) is 0 Å². The maximum absolute atomic E-state index is 10.6. The molecule has 0 atom stereocenters. The van der Waals surface area contributed by atoms with Crippen molar-refractivity contribution in [2.75, 3.05) is 5.75 Å². The second kappa shape index (κ2) is 4.57. The molecule has 0 radical (unpaired) electrons. The molecule has 0 aromatic carbocycles. The third kappa shape index (κ3) is 9.29. The first-order valence-corrected chi connectivity index (χ1v) is 4.97. The third-order valence-corrected chi connectivity index (χ3v) is 2.14. The molecule has 0 aromatic rings. The fraction of sp³-hybridized carbons (Fsp3) is 0.857. The molecule has 0 bridgehead atoms. The van der Waals surface area contributed by atoms with Crippen LogP contribution in [0.3, 0.4) is 0 Å². The lowest BCUT2D eigenvalue weighted by molar-refractivity contribution is -0.120. The first kappa shape index (κ1) is 14.9. The van der Waals surface area contributed by atoms with Gasteiger partial charge in [-0.05, 0) is 13.8 Å². The number of carbonyl (C=O) groups is 1. The van der Waals surface area contributed by atoms with Crippen LogP contribution in [-0.4, -0.2) is 30.2 Å². The smallest absolute Gasteiger partial charge is 0.267 e. The van der Waals surface area contributed by atoms with Gasteiger partial charge in [-0.1, -0.05) is 7.43 Å². The van der Waals surface area contributed by atoms with Gasteiger partial charge in [-0.15, -0.1) is 0 Å². The van der Waals surface area contributed by atoms with E-state index in [1.807, 2.05) is 0 Å². The molecule has 0 spiro atoms. The lowest BCUT2D eigenvalue weighted by atomic mass is 10.1. The van der Waals surface area contributed by atoms with Crippen LogP contribution >= 0.6 is 0 Å². The number of hydrogen-bond donors (Lipinski definition) is 2. The average Bonchev–Trinajstić information content (AvgIpc) is 1.48. The molecule has 0 aromatic heterocycles. The minimum Gasteiger partial charge on any atom is -0.350 e. The highest BCUT2D eigenvalue weighted by Gasteiger charge is 2.25. The molecule has 0 aliphatic heterocycles. The van der Waals surface area contributed by atoms with E-state index in [0.717, 1.165) is 0 Å². The molecule has 0 fully saturated rings. The summed E-state index contributed by atoms with van der Waals surface area (Å²) in [5, 5.41) is 2.40. The zero-order chi connectivity index (χ0) is 9.99. The van der Waals surface area contributed by atoms with Gasteiger partial charge in [0.05, 0.1) is 11.3 Å². The van der Waals surface area contributed by atoms with E-state index in [-0.39, 0.29) is 13.3 Å². The molecule has 5 nitrogen and oxygen atoms in total. The largest absolute Gasteiger partial charge is 0.350 e. The molecule has 0 rings (SSSR count). The summed E-state index contributed by atoms with van der Waals surface area (Å²) in [4.78, 5) is 10.6. The summed E-state index contributed by atoms with van der Waals surface area (Å²) in [6.07, 6.45) is 0. The topological polar surface area (TPSA) is 83.5 Å². The van der Waals surface area contributed by atoms with Gasteiger partial charge in [0.15, 0.2) is 0 Å². The molecular weight excluding hydrogens is 194 g/mol. The third-order valence-electron chi connectivity index (χ3n) is 1.06. The molecule has 2 N–H and O–H groups in total. The van der Waals surface area contributed by atoms with E-state index in [9.17, 15) is 13.2 Å². The molecule has 0 unspecified atom stereocenters. The van der Waals surface area contributed by atoms with Crippen molar-refractivity contribution in [1.29, 1.82) is 0 Å². The van der Waals surface area contributed by atoms with Crippen molar-refractivity contribution in [2.45, 2.75) is 33.7 Å². The van der Waals surface area contributed by atoms with Gasteiger partial charge in [0.25, 0.3) is 10.1 Å². The molecule has 0 aliphatic rings. The van der Waals surface area contributed by atoms with Crippen molar-refractivity contribution >= 4 is 16.0 Å². The van der Waals surface area contributed by atoms with Crippen molar-refractivity contribution in [2.24, 2.45) is 0 Å². The Morgan fingerprint density at radius 1 is 1.46 bits per heavy atom. The molecule has 0 saturated heterocycles. The summed E-state index contributed by atoms with van der Waals surface area (Å²) >= 11 is 0. The van der Waals surface area contributed by atoms with Crippen molar-refractivity contribution in [1.82, 2.24) is 5.32 Å². The summed E-state index contributed by atoms with van der Waals surface area (Å²) in [7, 11) is -4.04. The Hall–Kier alpha value is -0.620. The van der Waals surface area contributed by atoms with Crippen LogP contribution in [0, 0.1) is 0 Å². The second-order valence-corrected chi connectivity index (χ2v) is 4.74. The van der Waals surface area contributed by atoms with Crippen LogP contribution in [-0.2, 0) is 14.9 Å². The van der Waals surface area contributed by atoms with Gasteiger partial charge in [-0.25, -0.2) is 0 Å². The highest BCUT2D eigenvalue weighted by Crippen LogP contribution is 2.04. The Labute approximate surface area is 79.3 Å². The van der Waals surface area contributed by atoms with E-state index in [0.29, 0.717) is 0 Å². The summed E-state index contributed by atoms with van der Waals surface area (Å²) < 4.78 is 29.4. The van der Waals surface area contributed by atoms with Crippen molar-refractivity contribution in [3.05, 3.63) is 0 Å². The lowest BCUT2D eigenvalue weighted by Crippen LogP contribution is -2.47. The Kier molecular flexibility index (Phi) is 5.23. The van der Waals surface area contributed by atoms with Crippen LogP contribution in [0.15, 0.2) is 0 Å². The fourth-order valence-corrected chi connectivity index (χ4v) is 1.95. The summed E-state index contributed by atoms with van der Waals surface area (Å²) in [5.74, 6) is -0.816. The monoisotopic (exact) mass is 211 g/mol.